The number of ether oxygens (including phenoxy) is 2. The Hall–Kier alpha value is -4.49. The molecule has 0 saturated carbocycles. The van der Waals surface area contributed by atoms with E-state index in [0.717, 1.165) is 68.2 Å². The zero-order valence-corrected chi connectivity index (χ0v) is 26.0. The number of rotatable bonds is 7. The first-order valence-electron chi connectivity index (χ1n) is 14.8. The van der Waals surface area contributed by atoms with Crippen molar-refractivity contribution in [3.05, 3.63) is 99.8 Å². The van der Waals surface area contributed by atoms with E-state index >= 15 is 0 Å². The summed E-state index contributed by atoms with van der Waals surface area (Å²) in [5, 5.41) is 4.70. The molecule has 2 aliphatic rings. The Kier molecular flexibility index (Phi) is 6.81. The Morgan fingerprint density at radius 2 is 1.70 bits per heavy atom. The van der Waals surface area contributed by atoms with Crippen LogP contribution in [0.2, 0.25) is 5.02 Å². The van der Waals surface area contributed by atoms with Crippen molar-refractivity contribution in [3.63, 3.8) is 0 Å². The highest BCUT2D eigenvalue weighted by atomic mass is 35.5. The zero-order chi connectivity index (χ0) is 30.7. The first kappa shape index (κ1) is 28.3. The molecule has 5 aromatic rings. The number of H-pyrrole nitrogens is 1. The van der Waals surface area contributed by atoms with E-state index in [1.165, 1.54) is 0 Å². The summed E-state index contributed by atoms with van der Waals surface area (Å²) in [6, 6.07) is 19.4. The van der Waals surface area contributed by atoms with Crippen molar-refractivity contribution < 1.29 is 19.1 Å². The maximum absolute atomic E-state index is 14.1. The summed E-state index contributed by atoms with van der Waals surface area (Å²) >= 11 is 6.47. The van der Waals surface area contributed by atoms with Gasteiger partial charge < -0.3 is 24.3 Å². The summed E-state index contributed by atoms with van der Waals surface area (Å²) < 4.78 is 13.3. The van der Waals surface area contributed by atoms with Crippen LogP contribution in [0.1, 0.15) is 58.9 Å². The van der Waals surface area contributed by atoms with Crippen LogP contribution in [0.5, 0.6) is 11.5 Å². The van der Waals surface area contributed by atoms with E-state index in [2.05, 4.69) is 34.8 Å². The van der Waals surface area contributed by atoms with E-state index in [9.17, 15) is 9.59 Å². The second-order valence-corrected chi connectivity index (χ2v) is 13.0. The zero-order valence-electron chi connectivity index (χ0n) is 25.2. The van der Waals surface area contributed by atoms with Gasteiger partial charge in [0.15, 0.2) is 5.78 Å². The lowest BCUT2D eigenvalue weighted by Gasteiger charge is -2.30. The van der Waals surface area contributed by atoms with Crippen LogP contribution < -0.4 is 14.8 Å². The van der Waals surface area contributed by atoms with Crippen molar-refractivity contribution in [2.75, 3.05) is 19.5 Å². The summed E-state index contributed by atoms with van der Waals surface area (Å²) in [6.07, 6.45) is 3.89. The van der Waals surface area contributed by atoms with E-state index in [4.69, 9.17) is 21.1 Å². The van der Waals surface area contributed by atoms with E-state index in [-0.39, 0.29) is 17.1 Å². The monoisotopic (exact) mass is 607 g/mol. The number of aryl methyl sites for hydroxylation is 1. The minimum atomic E-state index is -0.668. The maximum Gasteiger partial charge on any atom is 0.236 e. The van der Waals surface area contributed by atoms with E-state index in [1.807, 2.05) is 54.7 Å². The van der Waals surface area contributed by atoms with E-state index in [1.54, 1.807) is 20.3 Å². The van der Waals surface area contributed by atoms with Gasteiger partial charge >= 0.3 is 0 Å². The highest BCUT2D eigenvalue weighted by molar-refractivity contribution is 6.31. The number of halogens is 1. The standard InChI is InChI=1S/C36H34ClN3O4/c1-36(2)17-29-32(30(41)18-36)33(31-26-15-22(37)7-11-28(26)39-35(31)42)34(20-5-8-23(43-3)9-6-20)40(29)14-13-21-19-38-27-12-10-24(44-4)16-25(21)27/h5-12,15-16,19,31,38H,13-14,17-18H2,1-4H3,(H,39,42). The number of benzene rings is 3. The molecule has 2 aromatic heterocycles. The quantitative estimate of drug-likeness (QED) is 0.198. The molecular formula is C36H34ClN3O4. The van der Waals surface area contributed by atoms with Gasteiger partial charge in [0.1, 0.15) is 11.5 Å². The van der Waals surface area contributed by atoms with Crippen LogP contribution in [0.3, 0.4) is 0 Å². The molecule has 3 aromatic carbocycles. The number of carbonyl (C=O) groups is 2. The van der Waals surface area contributed by atoms with Crippen molar-refractivity contribution in [1.82, 2.24) is 9.55 Å². The fourth-order valence-corrected chi connectivity index (χ4v) is 7.23. The van der Waals surface area contributed by atoms with Crippen LogP contribution in [0, 0.1) is 5.41 Å². The molecule has 0 saturated heterocycles. The van der Waals surface area contributed by atoms with Crippen LogP contribution in [0.15, 0.2) is 66.9 Å². The average Bonchev–Trinajstić information content (AvgIpc) is 3.65. The molecule has 0 bridgehead atoms. The van der Waals surface area contributed by atoms with Gasteiger partial charge in [-0.1, -0.05) is 25.4 Å². The van der Waals surface area contributed by atoms with Gasteiger partial charge in [0.25, 0.3) is 0 Å². The van der Waals surface area contributed by atoms with Crippen LogP contribution in [-0.2, 0) is 24.2 Å². The number of hydrogen-bond donors (Lipinski definition) is 2. The molecule has 0 radical (unpaired) electrons. The van der Waals surface area contributed by atoms with Crippen molar-refractivity contribution in [1.29, 1.82) is 0 Å². The highest BCUT2D eigenvalue weighted by Crippen LogP contribution is 2.49. The number of nitrogens with one attached hydrogen (secondary N) is 2. The van der Waals surface area contributed by atoms with Crippen molar-refractivity contribution in [2.45, 2.75) is 45.6 Å². The smallest absolute Gasteiger partial charge is 0.236 e. The maximum atomic E-state index is 14.1. The first-order chi connectivity index (χ1) is 21.2. The fraction of sp³-hybridized carbons (Fsp3) is 0.278. The molecule has 1 aliphatic heterocycles. The lowest BCUT2D eigenvalue weighted by atomic mass is 9.74. The van der Waals surface area contributed by atoms with Gasteiger partial charge in [-0.25, -0.2) is 0 Å². The summed E-state index contributed by atoms with van der Waals surface area (Å²) in [5.74, 6) is 0.783. The largest absolute Gasteiger partial charge is 0.497 e. The van der Waals surface area contributed by atoms with Crippen LogP contribution in [0.4, 0.5) is 5.69 Å². The average molecular weight is 608 g/mol. The molecule has 8 heteroatoms. The number of fused-ring (bicyclic) bond motifs is 3. The van der Waals surface area contributed by atoms with Gasteiger partial charge in [0.2, 0.25) is 5.91 Å². The molecule has 1 atom stereocenters. The fourth-order valence-electron chi connectivity index (χ4n) is 7.05. The van der Waals surface area contributed by atoms with E-state index in [0.29, 0.717) is 30.0 Å². The molecule has 7 rings (SSSR count). The summed E-state index contributed by atoms with van der Waals surface area (Å²) in [5.41, 5.74) is 7.70. The molecule has 0 fully saturated rings. The number of amides is 1. The molecule has 1 unspecified atom stereocenters. The first-order valence-corrected chi connectivity index (χ1v) is 15.2. The van der Waals surface area contributed by atoms with Crippen molar-refractivity contribution in [3.8, 4) is 22.8 Å². The second-order valence-electron chi connectivity index (χ2n) is 12.5. The predicted molar refractivity (Wildman–Crippen MR) is 173 cm³/mol. The number of aromatic amines is 1. The molecule has 44 heavy (non-hydrogen) atoms. The Bertz CT molecular complexity index is 1950. The minimum Gasteiger partial charge on any atom is -0.497 e. The van der Waals surface area contributed by atoms with Gasteiger partial charge in [0.05, 0.1) is 25.8 Å². The minimum absolute atomic E-state index is 0.0693. The third-order valence-corrected chi connectivity index (χ3v) is 9.28. The lowest BCUT2D eigenvalue weighted by molar-refractivity contribution is -0.116. The Morgan fingerprint density at radius 1 is 0.955 bits per heavy atom. The lowest BCUT2D eigenvalue weighted by Crippen LogP contribution is -2.29. The van der Waals surface area contributed by atoms with Crippen LogP contribution in [-0.4, -0.2) is 35.5 Å². The number of Topliss-reactive ketones (excluding diaryl/α,β-unsaturated/α-hetero) is 1. The number of methoxy groups -OCH3 is 2. The number of hydrogen-bond acceptors (Lipinski definition) is 4. The molecule has 1 amide bonds. The number of nitrogens with zero attached hydrogens (tertiary/aromatic N) is 1. The number of ketones is 1. The van der Waals surface area contributed by atoms with E-state index < -0.39 is 5.92 Å². The molecule has 2 N–H and O–H groups in total. The SMILES string of the molecule is COc1ccc(-c2c(C3C(=O)Nc4ccc(Cl)cc43)c3c(n2CCc2c[nH]c4ccc(OC)cc24)CC(C)(C)CC3=O)cc1. The van der Waals surface area contributed by atoms with Gasteiger partial charge in [0, 0.05) is 57.6 Å². The van der Waals surface area contributed by atoms with Gasteiger partial charge in [-0.3, -0.25) is 9.59 Å². The molecular weight excluding hydrogens is 574 g/mol. The Labute approximate surface area is 261 Å². The predicted octanol–water partition coefficient (Wildman–Crippen LogP) is 7.79. The Balaban J connectivity index is 1.46. The summed E-state index contributed by atoms with van der Waals surface area (Å²) in [4.78, 5) is 31.3. The van der Waals surface area contributed by atoms with Crippen molar-refractivity contribution >= 4 is 39.9 Å². The number of aromatic nitrogens is 2. The summed E-state index contributed by atoms with van der Waals surface area (Å²) in [6.45, 7) is 4.90. The van der Waals surface area contributed by atoms with Gasteiger partial charge in [-0.2, -0.15) is 0 Å². The Morgan fingerprint density at radius 3 is 2.45 bits per heavy atom. The van der Waals surface area contributed by atoms with Crippen LogP contribution in [0.25, 0.3) is 22.2 Å². The van der Waals surface area contributed by atoms with Crippen LogP contribution >= 0.6 is 11.6 Å². The molecule has 3 heterocycles. The summed E-state index contributed by atoms with van der Waals surface area (Å²) in [7, 11) is 3.31. The molecule has 7 nitrogen and oxygen atoms in total. The molecule has 224 valence electrons. The number of anilines is 1. The topological polar surface area (TPSA) is 85.3 Å². The van der Waals surface area contributed by atoms with Gasteiger partial charge in [-0.05, 0) is 95.6 Å². The number of carbonyl (C=O) groups excluding carboxylic acids is 2. The molecule has 1 aliphatic carbocycles. The molecule has 0 spiro atoms. The normalized spacial score (nSPS) is 17.0. The third kappa shape index (κ3) is 4.67. The third-order valence-electron chi connectivity index (χ3n) is 9.05. The van der Waals surface area contributed by atoms with Crippen molar-refractivity contribution in [2.24, 2.45) is 5.41 Å². The van der Waals surface area contributed by atoms with Gasteiger partial charge in [-0.15, -0.1) is 0 Å². The highest BCUT2D eigenvalue weighted by Gasteiger charge is 2.44. The second kappa shape index (κ2) is 10.6.